The third-order valence-corrected chi connectivity index (χ3v) is 5.85. The number of benzene rings is 2. The van der Waals surface area contributed by atoms with E-state index >= 15 is 0 Å². The Kier molecular flexibility index (Phi) is 7.36. The van der Waals surface area contributed by atoms with Crippen molar-refractivity contribution in [3.05, 3.63) is 58.6 Å². The second kappa shape index (κ2) is 10.4. The van der Waals surface area contributed by atoms with Gasteiger partial charge in [0.2, 0.25) is 0 Å². The van der Waals surface area contributed by atoms with Gasteiger partial charge in [-0.2, -0.15) is 5.26 Å². The number of hydrogen-bond acceptors (Lipinski definition) is 7. The second-order valence-electron chi connectivity index (χ2n) is 9.46. The standard InChI is InChI=1S/C26H30N4O5/c1-26(2,33)16-30-21-13-19(8-9-22(21)35-25(30)32)18-6-4-17(5-7-18)12-20(14-27)29-24(31)23-15-28-10-3-11-34-23/h4-9,13,20,23,28,33H,3,10-12,15-16H2,1-2H3,(H,29,31)/t20?,23-/m0/s1. The number of fused-ring (bicyclic) bond motifs is 1. The second-order valence-corrected chi connectivity index (χ2v) is 9.46. The van der Waals surface area contributed by atoms with E-state index in [9.17, 15) is 20.0 Å². The van der Waals surface area contributed by atoms with Crippen LogP contribution in [0.4, 0.5) is 0 Å². The average molecular weight is 479 g/mol. The minimum Gasteiger partial charge on any atom is -0.408 e. The van der Waals surface area contributed by atoms with Crippen molar-refractivity contribution in [1.29, 1.82) is 5.26 Å². The van der Waals surface area contributed by atoms with Crippen LogP contribution in [0.3, 0.4) is 0 Å². The predicted molar refractivity (Wildman–Crippen MR) is 131 cm³/mol. The topological polar surface area (TPSA) is 130 Å². The van der Waals surface area contributed by atoms with Gasteiger partial charge < -0.3 is 24.9 Å². The summed E-state index contributed by atoms with van der Waals surface area (Å²) >= 11 is 0. The van der Waals surface area contributed by atoms with E-state index in [0.29, 0.717) is 30.7 Å². The molecule has 1 aliphatic rings. The molecule has 1 fully saturated rings. The van der Waals surface area contributed by atoms with Crippen molar-refractivity contribution in [3.63, 3.8) is 0 Å². The van der Waals surface area contributed by atoms with Crippen LogP contribution in [0.2, 0.25) is 0 Å². The summed E-state index contributed by atoms with van der Waals surface area (Å²) in [4.78, 5) is 24.7. The van der Waals surface area contributed by atoms with Gasteiger partial charge in [-0.05, 0) is 55.6 Å². The van der Waals surface area contributed by atoms with Gasteiger partial charge in [0, 0.05) is 19.6 Å². The van der Waals surface area contributed by atoms with E-state index in [-0.39, 0.29) is 12.5 Å². The zero-order valence-electron chi connectivity index (χ0n) is 19.9. The number of aliphatic hydroxyl groups is 1. The molecule has 2 aromatic carbocycles. The van der Waals surface area contributed by atoms with Crippen molar-refractivity contribution < 1.29 is 19.1 Å². The molecule has 1 aliphatic heterocycles. The van der Waals surface area contributed by atoms with Gasteiger partial charge in [0.25, 0.3) is 5.91 Å². The zero-order valence-corrected chi connectivity index (χ0v) is 19.9. The Morgan fingerprint density at radius 3 is 2.74 bits per heavy atom. The monoisotopic (exact) mass is 478 g/mol. The van der Waals surface area contributed by atoms with E-state index in [1.165, 1.54) is 4.57 Å². The molecule has 0 spiro atoms. The highest BCUT2D eigenvalue weighted by Crippen LogP contribution is 2.25. The molecule has 1 unspecified atom stereocenters. The van der Waals surface area contributed by atoms with E-state index in [2.05, 4.69) is 16.7 Å². The van der Waals surface area contributed by atoms with E-state index in [1.54, 1.807) is 19.9 Å². The van der Waals surface area contributed by atoms with Crippen LogP contribution in [0.25, 0.3) is 22.2 Å². The molecular formula is C26H30N4O5. The SMILES string of the molecule is CC(C)(O)Cn1c(=O)oc2ccc(-c3ccc(CC(C#N)NC(=O)[C@@H]4CNCCCO4)cc3)cc21. The summed E-state index contributed by atoms with van der Waals surface area (Å²) in [6, 6.07) is 14.7. The van der Waals surface area contributed by atoms with Crippen molar-refractivity contribution >= 4 is 17.0 Å². The zero-order chi connectivity index (χ0) is 25.0. The lowest BCUT2D eigenvalue weighted by atomic mass is 10.0. The fraction of sp³-hybridized carbons (Fsp3) is 0.423. The summed E-state index contributed by atoms with van der Waals surface area (Å²) in [6.07, 6.45) is 0.625. The van der Waals surface area contributed by atoms with E-state index in [1.807, 2.05) is 36.4 Å². The Bertz CT molecular complexity index is 1270. The highest BCUT2D eigenvalue weighted by Gasteiger charge is 2.23. The Labute approximate surface area is 203 Å². The highest BCUT2D eigenvalue weighted by atomic mass is 16.5. The van der Waals surface area contributed by atoms with Crippen LogP contribution in [0, 0.1) is 11.3 Å². The summed E-state index contributed by atoms with van der Waals surface area (Å²) < 4.78 is 12.3. The normalized spacial score (nSPS) is 17.5. The van der Waals surface area contributed by atoms with E-state index < -0.39 is 23.5 Å². The summed E-state index contributed by atoms with van der Waals surface area (Å²) in [6.45, 7) is 5.15. The number of aromatic nitrogens is 1. The molecule has 3 N–H and O–H groups in total. The number of nitriles is 1. The summed E-state index contributed by atoms with van der Waals surface area (Å²) in [5, 5.41) is 25.7. The van der Waals surface area contributed by atoms with Gasteiger partial charge in [-0.15, -0.1) is 0 Å². The van der Waals surface area contributed by atoms with Crippen molar-refractivity contribution in [3.8, 4) is 17.2 Å². The first-order valence-electron chi connectivity index (χ1n) is 11.7. The molecule has 3 aromatic rings. The number of oxazole rings is 1. The molecule has 184 valence electrons. The summed E-state index contributed by atoms with van der Waals surface area (Å²) in [5.41, 5.74) is 2.72. The molecule has 0 bridgehead atoms. The molecule has 2 heterocycles. The van der Waals surface area contributed by atoms with Gasteiger partial charge in [-0.1, -0.05) is 30.3 Å². The van der Waals surface area contributed by atoms with Gasteiger partial charge in [0.15, 0.2) is 5.58 Å². The summed E-state index contributed by atoms with van der Waals surface area (Å²) in [7, 11) is 0. The maximum atomic E-state index is 12.5. The molecule has 9 heteroatoms. The van der Waals surface area contributed by atoms with Crippen molar-refractivity contribution in [2.45, 2.75) is 51.0 Å². The maximum Gasteiger partial charge on any atom is 0.420 e. The molecule has 1 amide bonds. The van der Waals surface area contributed by atoms with Gasteiger partial charge in [0.1, 0.15) is 12.1 Å². The maximum absolute atomic E-state index is 12.5. The van der Waals surface area contributed by atoms with Gasteiger partial charge in [-0.25, -0.2) is 4.79 Å². The molecular weight excluding hydrogens is 448 g/mol. The van der Waals surface area contributed by atoms with Crippen molar-refractivity contribution in [2.24, 2.45) is 0 Å². The van der Waals surface area contributed by atoms with Crippen LogP contribution in [-0.2, 0) is 22.5 Å². The molecule has 1 saturated heterocycles. The first-order chi connectivity index (χ1) is 16.7. The molecule has 35 heavy (non-hydrogen) atoms. The number of nitrogens with zero attached hydrogens (tertiary/aromatic N) is 2. The number of hydrogen-bond donors (Lipinski definition) is 3. The third kappa shape index (κ3) is 6.17. The lowest BCUT2D eigenvalue weighted by Gasteiger charge is -2.18. The van der Waals surface area contributed by atoms with Gasteiger partial charge >= 0.3 is 5.76 Å². The molecule has 4 rings (SSSR count). The van der Waals surface area contributed by atoms with Crippen LogP contribution in [0.1, 0.15) is 25.8 Å². The largest absolute Gasteiger partial charge is 0.420 e. The molecule has 1 aromatic heterocycles. The molecule has 0 saturated carbocycles. The Morgan fingerprint density at radius 2 is 2.03 bits per heavy atom. The van der Waals surface area contributed by atoms with E-state index in [4.69, 9.17) is 9.15 Å². The molecule has 2 atom stereocenters. The van der Waals surface area contributed by atoms with E-state index in [0.717, 1.165) is 29.7 Å². The Balaban J connectivity index is 1.47. The lowest BCUT2D eigenvalue weighted by Crippen LogP contribution is -2.46. The first kappa shape index (κ1) is 24.7. The van der Waals surface area contributed by atoms with Gasteiger partial charge in [-0.3, -0.25) is 9.36 Å². The van der Waals surface area contributed by atoms with Crippen LogP contribution >= 0.6 is 0 Å². The number of carbonyl (C=O) groups excluding carboxylic acids is 1. The Hall–Kier alpha value is -3.45. The minimum absolute atomic E-state index is 0.116. The third-order valence-electron chi connectivity index (χ3n) is 5.85. The first-order valence-corrected chi connectivity index (χ1v) is 11.7. The average Bonchev–Trinajstić information content (AvgIpc) is 2.99. The highest BCUT2D eigenvalue weighted by molar-refractivity contribution is 5.82. The molecule has 0 aliphatic carbocycles. The fourth-order valence-corrected chi connectivity index (χ4v) is 4.12. The van der Waals surface area contributed by atoms with Crippen molar-refractivity contribution in [1.82, 2.24) is 15.2 Å². The Morgan fingerprint density at radius 1 is 1.29 bits per heavy atom. The number of amides is 1. The van der Waals surface area contributed by atoms with Crippen LogP contribution in [0.5, 0.6) is 0 Å². The summed E-state index contributed by atoms with van der Waals surface area (Å²) in [5.74, 6) is -0.794. The number of carbonyl (C=O) groups is 1. The van der Waals surface area contributed by atoms with Crippen LogP contribution in [-0.4, -0.2) is 53.0 Å². The number of nitrogens with one attached hydrogen (secondary N) is 2. The predicted octanol–water partition coefficient (Wildman–Crippen LogP) is 1.96. The van der Waals surface area contributed by atoms with Crippen LogP contribution in [0.15, 0.2) is 51.7 Å². The van der Waals surface area contributed by atoms with Gasteiger partial charge in [0.05, 0.1) is 23.7 Å². The number of rotatable bonds is 7. The van der Waals surface area contributed by atoms with Crippen molar-refractivity contribution in [2.75, 3.05) is 19.7 Å². The fourth-order valence-electron chi connectivity index (χ4n) is 4.12. The van der Waals surface area contributed by atoms with Crippen LogP contribution < -0.4 is 16.4 Å². The lowest BCUT2D eigenvalue weighted by molar-refractivity contribution is -0.132. The minimum atomic E-state index is -1.07. The quantitative estimate of drug-likeness (QED) is 0.473. The smallest absolute Gasteiger partial charge is 0.408 e. The molecule has 0 radical (unpaired) electrons. The number of ether oxygens (including phenoxy) is 1. The molecule has 9 nitrogen and oxygen atoms in total.